The molecule has 0 spiro atoms. The topological polar surface area (TPSA) is 59.1 Å². The first-order chi connectivity index (χ1) is 8.05. The third-order valence-electron chi connectivity index (χ3n) is 2.74. The zero-order valence-electron chi connectivity index (χ0n) is 10.1. The van der Waals surface area contributed by atoms with Gasteiger partial charge in [0, 0.05) is 17.2 Å². The Morgan fingerprint density at radius 1 is 1.29 bits per heavy atom. The van der Waals surface area contributed by atoms with Crippen LogP contribution in [0.4, 0.5) is 0 Å². The third kappa shape index (κ3) is 1.54. The Balaban J connectivity index is 2.19. The van der Waals surface area contributed by atoms with Crippen LogP contribution in [0.1, 0.15) is 26.5 Å². The van der Waals surface area contributed by atoms with Crippen molar-refractivity contribution < 1.29 is 4.42 Å². The number of fused-ring (bicyclic) bond motifs is 1. The Morgan fingerprint density at radius 3 is 2.76 bits per heavy atom. The number of hydrogen-bond acceptors (Lipinski definition) is 3. The van der Waals surface area contributed by atoms with Crippen molar-refractivity contribution in [3.63, 3.8) is 0 Å². The van der Waals surface area contributed by atoms with Crippen LogP contribution in [-0.4, -0.2) is 19.8 Å². The second kappa shape index (κ2) is 3.23. The molecule has 5 nitrogen and oxygen atoms in total. The Hall–Kier alpha value is -2.04. The van der Waals surface area contributed by atoms with E-state index in [2.05, 4.69) is 36.1 Å². The van der Waals surface area contributed by atoms with E-state index in [0.717, 1.165) is 11.3 Å². The highest BCUT2D eigenvalue weighted by atomic mass is 16.3. The summed E-state index contributed by atoms with van der Waals surface area (Å²) in [6, 6.07) is 5.72. The van der Waals surface area contributed by atoms with Crippen LogP contribution in [-0.2, 0) is 5.41 Å². The molecule has 0 aliphatic carbocycles. The van der Waals surface area contributed by atoms with Crippen LogP contribution < -0.4 is 0 Å². The second-order valence-corrected chi connectivity index (χ2v) is 5.11. The molecule has 88 valence electrons. The molecule has 0 amide bonds. The van der Waals surface area contributed by atoms with Crippen molar-refractivity contribution >= 4 is 5.65 Å². The lowest BCUT2D eigenvalue weighted by Crippen LogP contribution is -2.12. The largest absolute Gasteiger partial charge is 0.461 e. The minimum atomic E-state index is 0.0567. The summed E-state index contributed by atoms with van der Waals surface area (Å²) >= 11 is 0. The van der Waals surface area contributed by atoms with Crippen LogP contribution in [0, 0.1) is 0 Å². The Bertz CT molecular complexity index is 640. The SMILES string of the molecule is CC(C)(C)c1cc2nnc(-c3ccco3)n2[nH]1. The van der Waals surface area contributed by atoms with Crippen molar-refractivity contribution in [1.82, 2.24) is 19.8 Å². The van der Waals surface area contributed by atoms with E-state index in [1.807, 2.05) is 22.7 Å². The fraction of sp³-hybridized carbons (Fsp3) is 0.333. The lowest BCUT2D eigenvalue weighted by Gasteiger charge is -2.15. The maximum atomic E-state index is 5.34. The number of hydrogen-bond donors (Lipinski definition) is 1. The summed E-state index contributed by atoms with van der Waals surface area (Å²) in [4.78, 5) is 0. The first kappa shape index (κ1) is 10.1. The Kier molecular flexibility index (Phi) is 1.92. The molecule has 3 rings (SSSR count). The highest BCUT2D eigenvalue weighted by Crippen LogP contribution is 2.24. The summed E-state index contributed by atoms with van der Waals surface area (Å²) in [5, 5.41) is 11.5. The number of rotatable bonds is 1. The Morgan fingerprint density at radius 2 is 2.12 bits per heavy atom. The van der Waals surface area contributed by atoms with Crippen LogP contribution in [0.3, 0.4) is 0 Å². The van der Waals surface area contributed by atoms with Crippen molar-refractivity contribution in [3.8, 4) is 11.6 Å². The number of nitrogens with zero attached hydrogens (tertiary/aromatic N) is 3. The number of nitrogens with one attached hydrogen (secondary N) is 1. The molecule has 0 bridgehead atoms. The van der Waals surface area contributed by atoms with E-state index in [9.17, 15) is 0 Å². The molecule has 3 aromatic rings. The van der Waals surface area contributed by atoms with E-state index in [1.165, 1.54) is 0 Å². The van der Waals surface area contributed by atoms with Crippen LogP contribution in [0.2, 0.25) is 0 Å². The van der Waals surface area contributed by atoms with Gasteiger partial charge in [0.05, 0.1) is 6.26 Å². The first-order valence-electron chi connectivity index (χ1n) is 5.54. The molecule has 5 heteroatoms. The zero-order chi connectivity index (χ0) is 12.0. The summed E-state index contributed by atoms with van der Waals surface area (Å²) < 4.78 is 7.18. The molecule has 1 N–H and O–H groups in total. The highest BCUT2D eigenvalue weighted by molar-refractivity contribution is 5.53. The summed E-state index contributed by atoms with van der Waals surface area (Å²) in [7, 11) is 0. The van der Waals surface area contributed by atoms with Crippen LogP contribution in [0.5, 0.6) is 0 Å². The van der Waals surface area contributed by atoms with E-state index >= 15 is 0 Å². The molecule has 3 heterocycles. The van der Waals surface area contributed by atoms with Crippen LogP contribution in [0.15, 0.2) is 28.9 Å². The average Bonchev–Trinajstić information content (AvgIpc) is 2.91. The predicted molar refractivity (Wildman–Crippen MR) is 63.7 cm³/mol. The molecule has 0 saturated carbocycles. The minimum absolute atomic E-state index is 0.0567. The van der Waals surface area contributed by atoms with E-state index in [-0.39, 0.29) is 5.41 Å². The van der Waals surface area contributed by atoms with Gasteiger partial charge in [-0.1, -0.05) is 20.8 Å². The molecule has 17 heavy (non-hydrogen) atoms. The van der Waals surface area contributed by atoms with Gasteiger partial charge >= 0.3 is 0 Å². The maximum absolute atomic E-state index is 5.34. The van der Waals surface area contributed by atoms with Crippen LogP contribution >= 0.6 is 0 Å². The van der Waals surface area contributed by atoms with Crippen LogP contribution in [0.25, 0.3) is 17.2 Å². The molecule has 0 unspecified atom stereocenters. The lowest BCUT2D eigenvalue weighted by molar-refractivity contribution is 0.557. The molecule has 0 atom stereocenters. The normalized spacial score (nSPS) is 12.4. The number of furan rings is 1. The third-order valence-corrected chi connectivity index (χ3v) is 2.74. The quantitative estimate of drug-likeness (QED) is 0.699. The van der Waals surface area contributed by atoms with Gasteiger partial charge in [0.1, 0.15) is 0 Å². The average molecular weight is 230 g/mol. The van der Waals surface area contributed by atoms with Gasteiger partial charge in [-0.15, -0.1) is 10.2 Å². The smallest absolute Gasteiger partial charge is 0.219 e. The van der Waals surface area contributed by atoms with E-state index in [1.54, 1.807) is 6.26 Å². The molecule has 0 fully saturated rings. The minimum Gasteiger partial charge on any atom is -0.461 e. The molecule has 0 saturated heterocycles. The van der Waals surface area contributed by atoms with Crippen molar-refractivity contribution in [1.29, 1.82) is 0 Å². The Labute approximate surface area is 98.4 Å². The van der Waals surface area contributed by atoms with Gasteiger partial charge in [0.2, 0.25) is 5.82 Å². The highest BCUT2D eigenvalue weighted by Gasteiger charge is 2.19. The standard InChI is InChI=1S/C12H14N4O/c1-12(2,3)9-7-10-13-14-11(16(10)15-9)8-5-4-6-17-8/h4-7,15H,1-3H3. The summed E-state index contributed by atoms with van der Waals surface area (Å²) in [6.45, 7) is 6.45. The first-order valence-corrected chi connectivity index (χ1v) is 5.54. The van der Waals surface area contributed by atoms with Crippen molar-refractivity contribution in [2.75, 3.05) is 0 Å². The van der Waals surface area contributed by atoms with E-state index in [4.69, 9.17) is 4.42 Å². The van der Waals surface area contributed by atoms with Gasteiger partial charge in [0.25, 0.3) is 0 Å². The van der Waals surface area contributed by atoms with Crippen molar-refractivity contribution in [2.45, 2.75) is 26.2 Å². The fourth-order valence-corrected chi connectivity index (χ4v) is 1.73. The van der Waals surface area contributed by atoms with Gasteiger partial charge in [0.15, 0.2) is 11.4 Å². The second-order valence-electron chi connectivity index (χ2n) is 5.11. The van der Waals surface area contributed by atoms with Gasteiger partial charge in [-0.25, -0.2) is 4.52 Å². The molecular formula is C12H14N4O. The molecule has 0 aliphatic rings. The summed E-state index contributed by atoms with van der Waals surface area (Å²) in [6.07, 6.45) is 1.63. The van der Waals surface area contributed by atoms with Crippen molar-refractivity contribution in [2.24, 2.45) is 0 Å². The summed E-state index contributed by atoms with van der Waals surface area (Å²) in [5.74, 6) is 1.40. The maximum Gasteiger partial charge on any atom is 0.219 e. The number of aromatic amines is 1. The summed E-state index contributed by atoms with van der Waals surface area (Å²) in [5.41, 5.74) is 1.98. The fourth-order valence-electron chi connectivity index (χ4n) is 1.73. The number of aromatic nitrogens is 4. The van der Waals surface area contributed by atoms with Gasteiger partial charge < -0.3 is 4.42 Å². The predicted octanol–water partition coefficient (Wildman–Crippen LogP) is 2.61. The molecular weight excluding hydrogens is 216 g/mol. The van der Waals surface area contributed by atoms with Gasteiger partial charge in [-0.2, -0.15) is 0 Å². The zero-order valence-corrected chi connectivity index (χ0v) is 10.1. The molecule has 0 radical (unpaired) electrons. The van der Waals surface area contributed by atoms with Crippen molar-refractivity contribution in [3.05, 3.63) is 30.2 Å². The molecule has 3 aromatic heterocycles. The van der Waals surface area contributed by atoms with E-state index in [0.29, 0.717) is 11.6 Å². The lowest BCUT2D eigenvalue weighted by atomic mass is 9.93. The molecule has 0 aliphatic heterocycles. The van der Waals surface area contributed by atoms with E-state index < -0.39 is 0 Å². The van der Waals surface area contributed by atoms with Gasteiger partial charge in [-0.05, 0) is 12.1 Å². The monoisotopic (exact) mass is 230 g/mol. The molecule has 0 aromatic carbocycles. The number of H-pyrrole nitrogens is 1. The van der Waals surface area contributed by atoms with Gasteiger partial charge in [-0.3, -0.25) is 5.10 Å².